The van der Waals surface area contributed by atoms with E-state index in [4.69, 9.17) is 17.0 Å². The number of nitrogens with zero attached hydrogens (tertiary/aromatic N) is 1. The quantitative estimate of drug-likeness (QED) is 0.882. The van der Waals surface area contributed by atoms with Crippen molar-refractivity contribution in [2.75, 3.05) is 6.61 Å². The van der Waals surface area contributed by atoms with Crippen LogP contribution in [0.5, 0.6) is 0 Å². The van der Waals surface area contributed by atoms with Crippen LogP contribution < -0.4 is 5.56 Å². The van der Waals surface area contributed by atoms with E-state index in [9.17, 15) is 4.79 Å². The van der Waals surface area contributed by atoms with E-state index in [1.165, 1.54) is 24.2 Å². The van der Waals surface area contributed by atoms with E-state index < -0.39 is 0 Å². The monoisotopic (exact) mass is 296 g/mol. The highest BCUT2D eigenvalue weighted by Crippen LogP contribution is 2.20. The van der Waals surface area contributed by atoms with Crippen LogP contribution in [0.3, 0.4) is 0 Å². The second kappa shape index (κ2) is 5.56. The largest absolute Gasteiger partial charge is 0.376 e. The van der Waals surface area contributed by atoms with E-state index in [1.807, 2.05) is 11.4 Å². The molecule has 3 rings (SSSR count). The summed E-state index contributed by atoms with van der Waals surface area (Å²) in [5, 5.41) is 1.90. The van der Waals surface area contributed by atoms with Crippen molar-refractivity contribution in [3.63, 3.8) is 0 Å². The van der Waals surface area contributed by atoms with Gasteiger partial charge in [-0.2, -0.15) is 0 Å². The summed E-state index contributed by atoms with van der Waals surface area (Å²) in [5.41, 5.74) is 0.816. The maximum atomic E-state index is 12.3. The molecule has 2 aromatic heterocycles. The molecule has 4 nitrogen and oxygen atoms in total. The highest BCUT2D eigenvalue weighted by Gasteiger charge is 2.15. The Bertz CT molecular complexity index is 680. The van der Waals surface area contributed by atoms with Gasteiger partial charge in [0.25, 0.3) is 5.56 Å². The second-order valence-electron chi connectivity index (χ2n) is 4.83. The first-order chi connectivity index (χ1) is 9.25. The van der Waals surface area contributed by atoms with Gasteiger partial charge >= 0.3 is 0 Å². The Morgan fingerprint density at radius 3 is 3.05 bits per heavy atom. The normalized spacial score (nSPS) is 16.4. The molecule has 0 aliphatic heterocycles. The molecule has 0 saturated heterocycles. The number of aromatic nitrogens is 2. The van der Waals surface area contributed by atoms with Crippen molar-refractivity contribution in [3.8, 4) is 0 Å². The van der Waals surface area contributed by atoms with Gasteiger partial charge in [-0.15, -0.1) is 11.3 Å². The van der Waals surface area contributed by atoms with Crippen molar-refractivity contribution in [2.45, 2.75) is 38.3 Å². The van der Waals surface area contributed by atoms with Crippen LogP contribution in [0.15, 0.2) is 16.2 Å². The lowest BCUT2D eigenvalue weighted by molar-refractivity contribution is 0.0523. The summed E-state index contributed by atoms with van der Waals surface area (Å²) in [5.74, 6) is 0. The van der Waals surface area contributed by atoms with E-state index in [1.54, 1.807) is 4.57 Å². The molecular weight excluding hydrogens is 280 g/mol. The first kappa shape index (κ1) is 13.0. The van der Waals surface area contributed by atoms with Crippen LogP contribution in [0.1, 0.15) is 25.7 Å². The van der Waals surface area contributed by atoms with E-state index in [0.29, 0.717) is 24.0 Å². The van der Waals surface area contributed by atoms with Crippen molar-refractivity contribution in [1.82, 2.24) is 9.55 Å². The minimum absolute atomic E-state index is 0.0104. The topological polar surface area (TPSA) is 47.0 Å². The highest BCUT2D eigenvalue weighted by molar-refractivity contribution is 7.71. The number of hydrogen-bond acceptors (Lipinski definition) is 4. The number of thiophene rings is 1. The minimum Gasteiger partial charge on any atom is -0.376 e. The summed E-state index contributed by atoms with van der Waals surface area (Å²) in [4.78, 5) is 15.4. The molecule has 102 valence electrons. The zero-order valence-electron chi connectivity index (χ0n) is 10.6. The van der Waals surface area contributed by atoms with Gasteiger partial charge < -0.3 is 9.72 Å². The molecule has 0 bridgehead atoms. The number of nitrogens with one attached hydrogen (secondary N) is 1. The SMILES string of the molecule is O=c1c2sccc2[nH]c(=S)n1CCOC1CCCC1. The lowest BCUT2D eigenvalue weighted by Gasteiger charge is -2.12. The summed E-state index contributed by atoms with van der Waals surface area (Å²) in [6.07, 6.45) is 5.17. The Hall–Kier alpha value is -0.980. The van der Waals surface area contributed by atoms with Gasteiger partial charge in [0.2, 0.25) is 0 Å². The van der Waals surface area contributed by atoms with Gasteiger partial charge in [-0.25, -0.2) is 0 Å². The van der Waals surface area contributed by atoms with Gasteiger partial charge in [-0.3, -0.25) is 9.36 Å². The first-order valence-corrected chi connectivity index (χ1v) is 7.86. The molecule has 0 amide bonds. The Labute approximate surface area is 120 Å². The molecule has 6 heteroatoms. The van der Waals surface area contributed by atoms with Gasteiger partial charge in [0.15, 0.2) is 4.77 Å². The Balaban J connectivity index is 1.76. The van der Waals surface area contributed by atoms with Gasteiger partial charge in [0.1, 0.15) is 4.70 Å². The van der Waals surface area contributed by atoms with Crippen LogP contribution in [0, 0.1) is 4.77 Å². The van der Waals surface area contributed by atoms with Crippen molar-refractivity contribution in [2.24, 2.45) is 0 Å². The first-order valence-electron chi connectivity index (χ1n) is 6.57. The van der Waals surface area contributed by atoms with E-state index in [-0.39, 0.29) is 5.56 Å². The Morgan fingerprint density at radius 1 is 1.47 bits per heavy atom. The number of aromatic amines is 1. The van der Waals surface area contributed by atoms with E-state index in [0.717, 1.165) is 23.1 Å². The molecular formula is C13H16N2O2S2. The third-order valence-electron chi connectivity index (χ3n) is 3.56. The van der Waals surface area contributed by atoms with Crippen LogP contribution in [-0.2, 0) is 11.3 Å². The van der Waals surface area contributed by atoms with E-state index in [2.05, 4.69) is 4.98 Å². The average molecular weight is 296 g/mol. The fourth-order valence-corrected chi connectivity index (χ4v) is 3.62. The molecule has 0 aromatic carbocycles. The predicted molar refractivity (Wildman–Crippen MR) is 79.5 cm³/mol. The molecule has 0 atom stereocenters. The smallest absolute Gasteiger partial charge is 0.272 e. The van der Waals surface area contributed by atoms with Crippen molar-refractivity contribution in [3.05, 3.63) is 26.6 Å². The Kier molecular flexibility index (Phi) is 3.81. The average Bonchev–Trinajstić information content (AvgIpc) is 3.03. The Morgan fingerprint density at radius 2 is 2.26 bits per heavy atom. The molecule has 1 aliphatic rings. The van der Waals surface area contributed by atoms with Crippen molar-refractivity contribution >= 4 is 33.8 Å². The lowest BCUT2D eigenvalue weighted by Crippen LogP contribution is -2.24. The summed E-state index contributed by atoms with van der Waals surface area (Å²) in [6, 6.07) is 1.89. The number of H-pyrrole nitrogens is 1. The van der Waals surface area contributed by atoms with Crippen LogP contribution in [0.2, 0.25) is 0 Å². The molecule has 19 heavy (non-hydrogen) atoms. The van der Waals surface area contributed by atoms with E-state index >= 15 is 0 Å². The molecule has 1 aliphatic carbocycles. The van der Waals surface area contributed by atoms with Crippen molar-refractivity contribution < 1.29 is 4.74 Å². The van der Waals surface area contributed by atoms with Crippen LogP contribution in [0.4, 0.5) is 0 Å². The van der Waals surface area contributed by atoms with Gasteiger partial charge in [0, 0.05) is 0 Å². The highest BCUT2D eigenvalue weighted by atomic mass is 32.1. The maximum Gasteiger partial charge on any atom is 0.272 e. The molecule has 2 aromatic rings. The third-order valence-corrected chi connectivity index (χ3v) is 4.79. The number of ether oxygens (including phenoxy) is 1. The molecule has 1 fully saturated rings. The second-order valence-corrected chi connectivity index (χ2v) is 6.13. The molecule has 2 heterocycles. The fraction of sp³-hybridized carbons (Fsp3) is 0.538. The lowest BCUT2D eigenvalue weighted by atomic mass is 10.3. The van der Waals surface area contributed by atoms with Crippen LogP contribution >= 0.6 is 23.6 Å². The molecule has 1 N–H and O–H groups in total. The van der Waals surface area contributed by atoms with Gasteiger partial charge in [-0.1, -0.05) is 12.8 Å². The number of hydrogen-bond donors (Lipinski definition) is 1. The van der Waals surface area contributed by atoms with Gasteiger partial charge in [0.05, 0.1) is 24.8 Å². The fourth-order valence-electron chi connectivity index (χ4n) is 2.54. The molecule has 0 radical (unpaired) electrons. The summed E-state index contributed by atoms with van der Waals surface area (Å²) >= 11 is 6.68. The third kappa shape index (κ3) is 2.66. The van der Waals surface area contributed by atoms with Crippen LogP contribution in [-0.4, -0.2) is 22.3 Å². The standard InChI is InChI=1S/C13H16N2O2S2/c16-12-11-10(5-8-19-11)14-13(18)15(12)6-7-17-9-3-1-2-4-9/h5,8-9H,1-4,6-7H2,(H,14,18). The number of rotatable bonds is 4. The zero-order chi connectivity index (χ0) is 13.2. The molecule has 0 unspecified atom stereocenters. The summed E-state index contributed by atoms with van der Waals surface area (Å²) in [7, 11) is 0. The van der Waals surface area contributed by atoms with Crippen molar-refractivity contribution in [1.29, 1.82) is 0 Å². The summed E-state index contributed by atoms with van der Waals surface area (Å²) < 4.78 is 8.60. The predicted octanol–water partition coefficient (Wildman–Crippen LogP) is 3.08. The molecule has 0 spiro atoms. The summed E-state index contributed by atoms with van der Waals surface area (Å²) in [6.45, 7) is 1.08. The van der Waals surface area contributed by atoms with Crippen LogP contribution in [0.25, 0.3) is 10.2 Å². The maximum absolute atomic E-state index is 12.3. The number of fused-ring (bicyclic) bond motifs is 1. The molecule has 1 saturated carbocycles. The van der Waals surface area contributed by atoms with Gasteiger partial charge in [-0.05, 0) is 36.5 Å². The zero-order valence-corrected chi connectivity index (χ0v) is 12.2. The minimum atomic E-state index is -0.0104.